The van der Waals surface area contributed by atoms with E-state index in [1.54, 1.807) is 19.1 Å². The molecule has 2 amide bonds. The third kappa shape index (κ3) is 6.34. The van der Waals surface area contributed by atoms with Crippen molar-refractivity contribution in [3.8, 4) is 5.75 Å². The van der Waals surface area contributed by atoms with Crippen molar-refractivity contribution in [2.24, 2.45) is 0 Å². The van der Waals surface area contributed by atoms with Crippen LogP contribution in [0.2, 0.25) is 0 Å². The summed E-state index contributed by atoms with van der Waals surface area (Å²) in [6.07, 6.45) is 0. The molecule has 5 nitrogen and oxygen atoms in total. The van der Waals surface area contributed by atoms with Crippen molar-refractivity contribution in [2.45, 2.75) is 39.4 Å². The Balaban J connectivity index is 2.15. The fourth-order valence-corrected chi connectivity index (χ4v) is 2.82. The Kier molecular flexibility index (Phi) is 7.99. The first kappa shape index (κ1) is 21.9. The molecule has 0 fully saturated rings. The molecule has 1 atom stereocenters. The molecule has 0 unspecified atom stereocenters. The number of nitrogens with zero attached hydrogens (tertiary/aromatic N) is 1. The van der Waals surface area contributed by atoms with Gasteiger partial charge >= 0.3 is 0 Å². The lowest BCUT2D eigenvalue weighted by molar-refractivity contribution is -0.142. The molecule has 0 saturated heterocycles. The van der Waals surface area contributed by atoms with E-state index in [1.807, 2.05) is 38.1 Å². The zero-order valence-electron chi connectivity index (χ0n) is 16.1. The topological polar surface area (TPSA) is 58.6 Å². The second-order valence-corrected chi connectivity index (χ2v) is 7.62. The van der Waals surface area contributed by atoms with Crippen LogP contribution in [0.1, 0.15) is 26.3 Å². The average molecular weight is 451 g/mol. The molecule has 0 spiro atoms. The summed E-state index contributed by atoms with van der Waals surface area (Å²) in [5.74, 6) is -1.21. The van der Waals surface area contributed by atoms with E-state index in [-0.39, 0.29) is 30.9 Å². The zero-order valence-corrected chi connectivity index (χ0v) is 17.7. The fraction of sp³-hybridized carbons (Fsp3) is 0.333. The molecule has 7 heteroatoms. The van der Waals surface area contributed by atoms with E-state index in [2.05, 4.69) is 21.2 Å². The Labute approximate surface area is 173 Å². The van der Waals surface area contributed by atoms with Gasteiger partial charge in [-0.25, -0.2) is 4.39 Å². The minimum Gasteiger partial charge on any atom is -0.481 e. The number of hydrogen-bond acceptors (Lipinski definition) is 3. The van der Waals surface area contributed by atoms with E-state index in [0.717, 1.165) is 10.0 Å². The first-order valence-electron chi connectivity index (χ1n) is 8.99. The van der Waals surface area contributed by atoms with Crippen molar-refractivity contribution < 1.29 is 18.7 Å². The highest BCUT2D eigenvalue weighted by Crippen LogP contribution is 2.17. The number of para-hydroxylation sites is 1. The summed E-state index contributed by atoms with van der Waals surface area (Å²) in [6.45, 7) is 5.24. The highest BCUT2D eigenvalue weighted by atomic mass is 79.9. The number of nitrogens with one attached hydrogen (secondary N) is 1. The minimum atomic E-state index is -0.706. The van der Waals surface area contributed by atoms with Gasteiger partial charge in [0, 0.05) is 17.1 Å². The number of carbonyl (C=O) groups is 2. The maximum atomic E-state index is 13.7. The lowest BCUT2D eigenvalue weighted by Gasteiger charge is -2.29. The van der Waals surface area contributed by atoms with Crippen LogP contribution < -0.4 is 10.1 Å². The van der Waals surface area contributed by atoms with Gasteiger partial charge in [-0.15, -0.1) is 0 Å². The summed E-state index contributed by atoms with van der Waals surface area (Å²) in [5, 5.41) is 2.81. The summed E-state index contributed by atoms with van der Waals surface area (Å²) in [5.41, 5.74) is 0.867. The number of hydrogen-bond donors (Lipinski definition) is 1. The maximum absolute atomic E-state index is 13.7. The Bertz CT molecular complexity index is 812. The minimum absolute atomic E-state index is 0.00118. The first-order chi connectivity index (χ1) is 13.3. The van der Waals surface area contributed by atoms with Gasteiger partial charge in [-0.1, -0.05) is 40.2 Å². The molecule has 0 aliphatic carbocycles. The van der Waals surface area contributed by atoms with E-state index in [4.69, 9.17) is 4.74 Å². The Morgan fingerprint density at radius 3 is 2.36 bits per heavy atom. The second kappa shape index (κ2) is 10.2. The van der Waals surface area contributed by atoms with Crippen LogP contribution >= 0.6 is 15.9 Å². The summed E-state index contributed by atoms with van der Waals surface area (Å²) in [4.78, 5) is 26.7. The summed E-state index contributed by atoms with van der Waals surface area (Å²) in [7, 11) is 0. The molecule has 0 aliphatic rings. The highest BCUT2D eigenvalue weighted by Gasteiger charge is 2.27. The van der Waals surface area contributed by atoms with E-state index in [0.29, 0.717) is 0 Å². The molecular weight excluding hydrogens is 427 g/mol. The third-order valence-electron chi connectivity index (χ3n) is 4.05. The molecule has 0 saturated carbocycles. The van der Waals surface area contributed by atoms with Crippen LogP contribution in [0.4, 0.5) is 4.39 Å². The smallest absolute Gasteiger partial charge is 0.261 e. The third-order valence-corrected chi connectivity index (χ3v) is 4.58. The Hall–Kier alpha value is -2.41. The van der Waals surface area contributed by atoms with Crippen LogP contribution in [0.25, 0.3) is 0 Å². The van der Waals surface area contributed by atoms with Crippen molar-refractivity contribution in [3.05, 3.63) is 64.4 Å². The van der Waals surface area contributed by atoms with Gasteiger partial charge in [0.2, 0.25) is 5.91 Å². The van der Waals surface area contributed by atoms with Crippen molar-refractivity contribution in [1.29, 1.82) is 0 Å². The quantitative estimate of drug-likeness (QED) is 0.662. The molecular formula is C21H24BrFN2O3. The van der Waals surface area contributed by atoms with Gasteiger partial charge in [0.25, 0.3) is 5.91 Å². The zero-order chi connectivity index (χ0) is 20.7. The van der Waals surface area contributed by atoms with Gasteiger partial charge < -0.3 is 15.0 Å². The summed E-state index contributed by atoms with van der Waals surface area (Å²) in [6, 6.07) is 12.6. The molecule has 1 N–H and O–H groups in total. The molecule has 28 heavy (non-hydrogen) atoms. The standard InChI is InChI=1S/C21H24BrFN2O3/c1-14(2)24-21(27)15(3)25(12-16-8-10-17(22)11-9-16)20(26)13-28-19-7-5-4-6-18(19)23/h4-11,14-15H,12-13H2,1-3H3,(H,24,27)/t15-/m1/s1. The molecule has 2 aromatic carbocycles. The van der Waals surface area contributed by atoms with Gasteiger partial charge in [-0.2, -0.15) is 0 Å². The fourth-order valence-electron chi connectivity index (χ4n) is 2.56. The summed E-state index contributed by atoms with van der Waals surface area (Å²) >= 11 is 3.38. The van der Waals surface area contributed by atoms with Crippen molar-refractivity contribution in [2.75, 3.05) is 6.61 Å². The molecule has 0 bridgehead atoms. The van der Waals surface area contributed by atoms with Gasteiger partial charge in [-0.05, 0) is 50.6 Å². The predicted octanol–water partition coefficient (Wildman–Crippen LogP) is 3.91. The highest BCUT2D eigenvalue weighted by molar-refractivity contribution is 9.10. The molecule has 150 valence electrons. The van der Waals surface area contributed by atoms with E-state index >= 15 is 0 Å². The largest absolute Gasteiger partial charge is 0.481 e. The van der Waals surface area contributed by atoms with E-state index < -0.39 is 17.8 Å². The molecule has 2 aromatic rings. The van der Waals surface area contributed by atoms with Crippen LogP contribution in [0.5, 0.6) is 5.75 Å². The molecule has 0 aliphatic heterocycles. The van der Waals surface area contributed by atoms with E-state index in [1.165, 1.54) is 17.0 Å². The lowest BCUT2D eigenvalue weighted by Crippen LogP contribution is -2.50. The van der Waals surface area contributed by atoms with Gasteiger partial charge in [-0.3, -0.25) is 9.59 Å². The molecule has 2 rings (SSSR count). The lowest BCUT2D eigenvalue weighted by atomic mass is 10.1. The van der Waals surface area contributed by atoms with Crippen LogP contribution in [-0.4, -0.2) is 35.4 Å². The monoisotopic (exact) mass is 450 g/mol. The number of halogens is 2. The van der Waals surface area contributed by atoms with Crippen molar-refractivity contribution in [1.82, 2.24) is 10.2 Å². The van der Waals surface area contributed by atoms with Crippen molar-refractivity contribution in [3.63, 3.8) is 0 Å². The van der Waals surface area contributed by atoms with Gasteiger partial charge in [0.15, 0.2) is 18.2 Å². The number of carbonyl (C=O) groups excluding carboxylic acids is 2. The second-order valence-electron chi connectivity index (χ2n) is 6.71. The van der Waals surface area contributed by atoms with Crippen LogP contribution in [0, 0.1) is 5.82 Å². The summed E-state index contributed by atoms with van der Waals surface area (Å²) < 4.78 is 20.0. The number of benzene rings is 2. The average Bonchev–Trinajstić information content (AvgIpc) is 2.65. The molecule has 0 aromatic heterocycles. The number of ether oxygens (including phenoxy) is 1. The normalized spacial score (nSPS) is 11.8. The predicted molar refractivity (Wildman–Crippen MR) is 109 cm³/mol. The van der Waals surface area contributed by atoms with Crippen LogP contribution in [0.3, 0.4) is 0 Å². The van der Waals surface area contributed by atoms with Crippen molar-refractivity contribution >= 4 is 27.7 Å². The van der Waals surface area contributed by atoms with E-state index in [9.17, 15) is 14.0 Å². The number of amides is 2. The maximum Gasteiger partial charge on any atom is 0.261 e. The first-order valence-corrected chi connectivity index (χ1v) is 9.79. The Morgan fingerprint density at radius 2 is 1.75 bits per heavy atom. The van der Waals surface area contributed by atoms with Gasteiger partial charge in [0.05, 0.1) is 0 Å². The van der Waals surface area contributed by atoms with Crippen LogP contribution in [-0.2, 0) is 16.1 Å². The SMILES string of the molecule is CC(C)NC(=O)[C@@H](C)N(Cc1ccc(Br)cc1)C(=O)COc1ccccc1F. The molecule has 0 radical (unpaired) electrons. The molecule has 0 heterocycles. The van der Waals surface area contributed by atoms with Gasteiger partial charge in [0.1, 0.15) is 6.04 Å². The number of rotatable bonds is 8. The van der Waals surface area contributed by atoms with Crippen LogP contribution in [0.15, 0.2) is 53.0 Å². The Morgan fingerprint density at radius 1 is 1.11 bits per heavy atom.